The molecular weight excluding hydrogens is 529 g/mol. The molecule has 202 valence electrons. The molecule has 5 rings (SSSR count). The summed E-state index contributed by atoms with van der Waals surface area (Å²) in [5.74, 6) is -3.48. The summed E-state index contributed by atoms with van der Waals surface area (Å²) in [6.45, 7) is 10.8. The maximum absolute atomic E-state index is 15.8. The van der Waals surface area contributed by atoms with Gasteiger partial charge in [-0.25, -0.2) is 22.7 Å². The molecule has 0 bridgehead atoms. The fourth-order valence-electron chi connectivity index (χ4n) is 4.70. The molecule has 3 N–H and O–H groups in total. The largest absolute Gasteiger partial charge is 0.394 e. The summed E-state index contributed by atoms with van der Waals surface area (Å²) in [5.41, 5.74) is 5.10. The molecule has 39 heavy (non-hydrogen) atoms. The van der Waals surface area contributed by atoms with Gasteiger partial charge in [0.2, 0.25) is 5.69 Å². The zero-order chi connectivity index (χ0) is 28.1. The third-order valence-corrected chi connectivity index (χ3v) is 8.04. The first kappa shape index (κ1) is 26.8. The van der Waals surface area contributed by atoms with E-state index in [1.54, 1.807) is 18.7 Å². The second-order valence-corrected chi connectivity index (χ2v) is 11.2. The number of benzene rings is 2. The summed E-state index contributed by atoms with van der Waals surface area (Å²) in [6.07, 6.45) is 1.55. The maximum atomic E-state index is 15.8. The lowest BCUT2D eigenvalue weighted by atomic mass is 10.00. The molecule has 12 heteroatoms. The van der Waals surface area contributed by atoms with Crippen LogP contribution in [0.25, 0.3) is 37.4 Å². The van der Waals surface area contributed by atoms with Crippen molar-refractivity contribution in [2.24, 2.45) is 5.73 Å². The van der Waals surface area contributed by atoms with E-state index in [4.69, 9.17) is 12.3 Å². The molecule has 0 unspecified atom stereocenters. The number of piperidine rings is 1. The zero-order valence-corrected chi connectivity index (χ0v) is 22.0. The van der Waals surface area contributed by atoms with E-state index in [2.05, 4.69) is 15.2 Å². The number of likely N-dealkylation sites (tertiary alicyclic amines) is 1. The van der Waals surface area contributed by atoms with E-state index >= 15 is 8.78 Å². The predicted molar refractivity (Wildman–Crippen MR) is 142 cm³/mol. The lowest BCUT2D eigenvalue weighted by Crippen LogP contribution is -2.45. The van der Waals surface area contributed by atoms with Gasteiger partial charge >= 0.3 is 0 Å². The van der Waals surface area contributed by atoms with Gasteiger partial charge in [-0.15, -0.1) is 16.4 Å². The first-order chi connectivity index (χ1) is 18.6. The smallest absolute Gasteiger partial charge is 0.264 e. The number of thiophene rings is 1. The summed E-state index contributed by atoms with van der Waals surface area (Å²) in [7, 11) is 0. The highest BCUT2D eigenvalue weighted by Gasteiger charge is 2.30. The van der Waals surface area contributed by atoms with E-state index in [1.807, 2.05) is 0 Å². The van der Waals surface area contributed by atoms with Crippen molar-refractivity contribution in [3.05, 3.63) is 64.1 Å². The molecule has 0 radical (unpaired) electrons. The number of aliphatic hydroxyl groups excluding tert-OH is 1. The Kier molecular flexibility index (Phi) is 6.92. The Morgan fingerprint density at radius 3 is 2.67 bits per heavy atom. The lowest BCUT2D eigenvalue weighted by Gasteiger charge is -2.30. The summed E-state index contributed by atoms with van der Waals surface area (Å²) < 4.78 is 47.0. The van der Waals surface area contributed by atoms with Crippen LogP contribution >= 0.6 is 11.3 Å². The number of nitrogens with zero attached hydrogens (tertiary/aromatic N) is 5. The fraction of sp³-hybridized carbons (Fsp3) is 0.333. The third kappa shape index (κ3) is 4.67. The van der Waals surface area contributed by atoms with Gasteiger partial charge in [0.25, 0.3) is 5.91 Å². The van der Waals surface area contributed by atoms with Gasteiger partial charge in [-0.3, -0.25) is 4.79 Å². The van der Waals surface area contributed by atoms with Crippen LogP contribution in [0.2, 0.25) is 0 Å². The summed E-state index contributed by atoms with van der Waals surface area (Å²) in [5, 5.41) is 17.7. The monoisotopic (exact) mass is 554 g/mol. The minimum Gasteiger partial charge on any atom is -0.394 e. The Morgan fingerprint density at radius 1 is 1.23 bits per heavy atom. The number of amides is 1. The number of fused-ring (bicyclic) bond motifs is 1. The van der Waals surface area contributed by atoms with Gasteiger partial charge in [-0.1, -0.05) is 17.3 Å². The normalized spacial score (nSPS) is 16.1. The number of carbonyl (C=O) groups excluding carboxylic acids is 1. The van der Waals surface area contributed by atoms with E-state index in [0.29, 0.717) is 24.2 Å². The van der Waals surface area contributed by atoms with Crippen LogP contribution in [-0.4, -0.2) is 56.6 Å². The van der Waals surface area contributed by atoms with E-state index in [0.717, 1.165) is 34.9 Å². The van der Waals surface area contributed by atoms with E-state index in [9.17, 15) is 14.3 Å². The average molecular weight is 555 g/mol. The Hall–Kier alpha value is -3.79. The number of nitrogens with two attached hydrogens (primary N) is 1. The highest BCUT2D eigenvalue weighted by molar-refractivity contribution is 7.18. The van der Waals surface area contributed by atoms with Crippen LogP contribution in [0.15, 0.2) is 30.3 Å². The minimum absolute atomic E-state index is 0.0502. The average Bonchev–Trinajstić information content (AvgIpc) is 3.56. The molecule has 3 heterocycles. The quantitative estimate of drug-likeness (QED) is 0.335. The van der Waals surface area contributed by atoms with Crippen molar-refractivity contribution in [3.8, 4) is 21.6 Å². The molecule has 1 amide bonds. The van der Waals surface area contributed by atoms with Crippen molar-refractivity contribution in [2.45, 2.75) is 38.3 Å². The van der Waals surface area contributed by atoms with E-state index in [-0.39, 0.29) is 50.6 Å². The van der Waals surface area contributed by atoms with Gasteiger partial charge in [-0.05, 0) is 50.5 Å². The van der Waals surface area contributed by atoms with Crippen molar-refractivity contribution < 1.29 is 23.1 Å². The van der Waals surface area contributed by atoms with Crippen molar-refractivity contribution in [1.29, 1.82) is 0 Å². The molecule has 1 fully saturated rings. The minimum atomic E-state index is -1.21. The van der Waals surface area contributed by atoms with Gasteiger partial charge in [0, 0.05) is 35.1 Å². The molecule has 2 aromatic heterocycles. The van der Waals surface area contributed by atoms with Crippen molar-refractivity contribution in [2.75, 3.05) is 19.7 Å². The van der Waals surface area contributed by atoms with Crippen molar-refractivity contribution in [3.63, 3.8) is 0 Å². The number of rotatable bonds is 5. The van der Waals surface area contributed by atoms with Crippen LogP contribution in [0.5, 0.6) is 0 Å². The SMILES string of the molecule is [C-]#[N+]c1ccc(-c2cc(C(=O)N3CCC[C@@H](N)C3)sc2-c2cc3nnn(C(C)(C)CO)c3c(F)c2F)cc1F. The topological polar surface area (TPSA) is 102 Å². The molecule has 0 aliphatic carbocycles. The molecule has 0 spiro atoms. The predicted octanol–water partition coefficient (Wildman–Crippen LogP) is 5.09. The van der Waals surface area contributed by atoms with Crippen LogP contribution in [0.3, 0.4) is 0 Å². The number of aromatic nitrogens is 3. The lowest BCUT2D eigenvalue weighted by molar-refractivity contribution is 0.0713. The van der Waals surface area contributed by atoms with Gasteiger partial charge in [0.05, 0.1) is 23.6 Å². The van der Waals surface area contributed by atoms with E-state index < -0.39 is 23.0 Å². The number of halogens is 3. The molecule has 4 aromatic rings. The number of aliphatic hydroxyl groups is 1. The van der Waals surface area contributed by atoms with Crippen LogP contribution in [0.4, 0.5) is 18.9 Å². The second-order valence-electron chi connectivity index (χ2n) is 10.2. The van der Waals surface area contributed by atoms with E-state index in [1.165, 1.54) is 24.3 Å². The van der Waals surface area contributed by atoms with Crippen LogP contribution < -0.4 is 5.73 Å². The van der Waals surface area contributed by atoms with Gasteiger partial charge in [0.1, 0.15) is 16.9 Å². The highest BCUT2D eigenvalue weighted by Crippen LogP contribution is 2.43. The Bertz CT molecular complexity index is 1640. The van der Waals surface area contributed by atoms with Gasteiger partial charge in [0.15, 0.2) is 11.6 Å². The van der Waals surface area contributed by atoms with Crippen LogP contribution in [0.1, 0.15) is 36.4 Å². The molecule has 8 nitrogen and oxygen atoms in total. The molecule has 1 aliphatic rings. The Balaban J connectivity index is 1.70. The fourth-order valence-corrected chi connectivity index (χ4v) is 5.86. The van der Waals surface area contributed by atoms with Gasteiger partial charge < -0.3 is 15.7 Å². The summed E-state index contributed by atoms with van der Waals surface area (Å²) >= 11 is 0.958. The van der Waals surface area contributed by atoms with Gasteiger partial charge in [-0.2, -0.15) is 0 Å². The van der Waals surface area contributed by atoms with Crippen LogP contribution in [0, 0.1) is 24.0 Å². The molecule has 2 aromatic carbocycles. The first-order valence-corrected chi connectivity index (χ1v) is 13.1. The molecular formula is C27H25F3N6O2S. The standard InChI is InChI=1S/C27H25F3N6O2S/c1-27(2,13-37)36-24-20(33-34-36)10-17(22(29)23(24)30)25-16(14-6-7-19(32-3)18(28)9-14)11-21(39-25)26(38)35-8-4-5-15(31)12-35/h6-7,9-11,15,37H,4-5,8,12-13,31H2,1-2H3/t15-/m1/s1. The molecule has 1 aliphatic heterocycles. The second kappa shape index (κ2) is 10.1. The third-order valence-electron chi connectivity index (χ3n) is 6.89. The van der Waals surface area contributed by atoms with Crippen molar-refractivity contribution >= 4 is 34.0 Å². The maximum Gasteiger partial charge on any atom is 0.264 e. The molecule has 1 atom stereocenters. The number of hydrogen-bond donors (Lipinski definition) is 2. The molecule has 1 saturated heterocycles. The summed E-state index contributed by atoms with van der Waals surface area (Å²) in [6, 6.07) is 6.64. The van der Waals surface area contributed by atoms with Crippen LogP contribution in [-0.2, 0) is 5.54 Å². The Labute approximate surface area is 226 Å². The van der Waals surface area contributed by atoms with Crippen molar-refractivity contribution in [1.82, 2.24) is 19.9 Å². The zero-order valence-electron chi connectivity index (χ0n) is 21.2. The Morgan fingerprint density at radius 2 is 2.00 bits per heavy atom. The number of carbonyl (C=O) groups is 1. The highest BCUT2D eigenvalue weighted by atomic mass is 32.1. The number of hydrogen-bond acceptors (Lipinski definition) is 6. The summed E-state index contributed by atoms with van der Waals surface area (Å²) in [4.78, 5) is 18.6. The first-order valence-electron chi connectivity index (χ1n) is 12.3. The molecule has 0 saturated carbocycles.